The smallest absolute Gasteiger partial charge is 0.352 e. The van der Waals surface area contributed by atoms with Crippen molar-refractivity contribution in [3.8, 4) is 11.4 Å². The van der Waals surface area contributed by atoms with Crippen LogP contribution in [0.1, 0.15) is 24.0 Å². The molecule has 1 N–H and O–H groups in total. The zero-order valence-electron chi connectivity index (χ0n) is 15.2. The van der Waals surface area contributed by atoms with E-state index < -0.39 is 23.5 Å². The van der Waals surface area contributed by atoms with E-state index in [2.05, 4.69) is 20.7 Å². The zero-order valence-corrected chi connectivity index (χ0v) is 15.2. The maximum absolute atomic E-state index is 13.1. The van der Waals surface area contributed by atoms with E-state index in [1.54, 1.807) is 0 Å². The maximum Gasteiger partial charge on any atom is 0.416 e. The summed E-state index contributed by atoms with van der Waals surface area (Å²) < 4.78 is 52.0. The molecule has 10 heteroatoms. The van der Waals surface area contributed by atoms with Crippen molar-refractivity contribution >= 4 is 5.91 Å². The molecule has 152 valence electrons. The first kappa shape index (κ1) is 20.4. The Balaban J connectivity index is 1.49. The van der Waals surface area contributed by atoms with E-state index in [1.807, 2.05) is 30.3 Å². The van der Waals surface area contributed by atoms with Gasteiger partial charge in [-0.15, -0.1) is 10.2 Å². The Bertz CT molecular complexity index is 972. The molecule has 3 rings (SSSR count). The van der Waals surface area contributed by atoms with Gasteiger partial charge in [0.2, 0.25) is 11.7 Å². The van der Waals surface area contributed by atoms with Gasteiger partial charge in [0.15, 0.2) is 0 Å². The Hall–Kier alpha value is -3.30. The van der Waals surface area contributed by atoms with E-state index in [9.17, 15) is 22.4 Å². The number of tetrazole rings is 1. The van der Waals surface area contributed by atoms with Crippen LogP contribution in [0.5, 0.6) is 0 Å². The molecule has 0 radical (unpaired) electrons. The number of carbonyl (C=O) groups is 1. The van der Waals surface area contributed by atoms with Crippen molar-refractivity contribution in [2.24, 2.45) is 0 Å². The molecular weight excluding hydrogens is 390 g/mol. The molecule has 3 aromatic rings. The molecule has 1 amide bonds. The summed E-state index contributed by atoms with van der Waals surface area (Å²) in [7, 11) is 0. The highest BCUT2D eigenvalue weighted by atomic mass is 19.4. The van der Waals surface area contributed by atoms with Crippen molar-refractivity contribution in [3.63, 3.8) is 0 Å². The van der Waals surface area contributed by atoms with Crippen molar-refractivity contribution in [2.45, 2.75) is 32.1 Å². The second-order valence-corrected chi connectivity index (χ2v) is 6.25. The lowest BCUT2D eigenvalue weighted by Gasteiger charge is -2.13. The summed E-state index contributed by atoms with van der Waals surface area (Å²) in [6.07, 6.45) is -4.24. The number of alkyl halides is 3. The second kappa shape index (κ2) is 8.80. The van der Waals surface area contributed by atoms with Crippen molar-refractivity contribution in [1.82, 2.24) is 25.5 Å². The molecule has 0 spiro atoms. The van der Waals surface area contributed by atoms with Crippen LogP contribution < -0.4 is 5.32 Å². The summed E-state index contributed by atoms with van der Waals surface area (Å²) in [6.45, 7) is -0.00864. The van der Waals surface area contributed by atoms with Crippen LogP contribution in [0, 0.1) is 5.82 Å². The van der Waals surface area contributed by atoms with E-state index in [1.165, 1.54) is 4.80 Å². The number of aryl methyl sites for hydroxylation is 1. The standard InChI is InChI=1S/C19H17F4N5O/c20-15-9-8-14(16(11-15)19(21,22)23)12-24-17(29)7-4-10-28-26-18(25-27-28)13-5-2-1-3-6-13/h1-3,5-6,8-9,11H,4,7,10,12H2,(H,24,29). The maximum atomic E-state index is 13.1. The third kappa shape index (κ3) is 5.59. The average Bonchev–Trinajstić information content (AvgIpc) is 3.16. The summed E-state index contributed by atoms with van der Waals surface area (Å²) in [4.78, 5) is 13.3. The predicted molar refractivity (Wildman–Crippen MR) is 95.7 cm³/mol. The number of halogens is 4. The van der Waals surface area contributed by atoms with Crippen LogP contribution in [-0.2, 0) is 24.1 Å². The molecule has 6 nitrogen and oxygen atoms in total. The third-order valence-electron chi connectivity index (χ3n) is 4.10. The van der Waals surface area contributed by atoms with Crippen molar-refractivity contribution in [1.29, 1.82) is 0 Å². The zero-order chi connectivity index (χ0) is 20.9. The lowest BCUT2D eigenvalue weighted by Crippen LogP contribution is -2.24. The summed E-state index contributed by atoms with van der Waals surface area (Å²) in [5.41, 5.74) is -0.480. The predicted octanol–water partition coefficient (Wildman–Crippen LogP) is 3.59. The van der Waals surface area contributed by atoms with Gasteiger partial charge < -0.3 is 5.32 Å². The van der Waals surface area contributed by atoms with Crippen molar-refractivity contribution < 1.29 is 22.4 Å². The normalized spacial score (nSPS) is 11.4. The van der Waals surface area contributed by atoms with E-state index in [0.717, 1.165) is 17.7 Å². The number of hydrogen-bond acceptors (Lipinski definition) is 4. The first-order valence-electron chi connectivity index (χ1n) is 8.78. The Morgan fingerprint density at radius 1 is 1.10 bits per heavy atom. The number of amides is 1. The number of benzene rings is 2. The van der Waals surface area contributed by atoms with Crippen LogP contribution in [0.15, 0.2) is 48.5 Å². The minimum atomic E-state index is -4.70. The second-order valence-electron chi connectivity index (χ2n) is 6.25. The number of carbonyl (C=O) groups excluding carboxylic acids is 1. The first-order valence-corrected chi connectivity index (χ1v) is 8.78. The topological polar surface area (TPSA) is 72.7 Å². The number of nitrogens with one attached hydrogen (secondary N) is 1. The van der Waals surface area contributed by atoms with E-state index in [-0.39, 0.29) is 18.5 Å². The first-order chi connectivity index (χ1) is 13.8. The Kier molecular flexibility index (Phi) is 6.20. The van der Waals surface area contributed by atoms with Crippen LogP contribution in [0.4, 0.5) is 17.6 Å². The molecule has 0 unspecified atom stereocenters. The molecule has 0 bridgehead atoms. The monoisotopic (exact) mass is 407 g/mol. The molecule has 0 saturated heterocycles. The van der Waals surface area contributed by atoms with Crippen LogP contribution in [0.2, 0.25) is 0 Å². The molecule has 0 aliphatic rings. The fourth-order valence-electron chi connectivity index (χ4n) is 2.67. The van der Waals surface area contributed by atoms with Gasteiger partial charge in [0.05, 0.1) is 12.1 Å². The Morgan fingerprint density at radius 2 is 1.86 bits per heavy atom. The van der Waals surface area contributed by atoms with E-state index in [4.69, 9.17) is 0 Å². The van der Waals surface area contributed by atoms with Gasteiger partial charge in [-0.05, 0) is 29.3 Å². The quantitative estimate of drug-likeness (QED) is 0.608. The van der Waals surface area contributed by atoms with Crippen LogP contribution in [0.3, 0.4) is 0 Å². The molecule has 0 aliphatic carbocycles. The van der Waals surface area contributed by atoms with Crippen LogP contribution in [0.25, 0.3) is 11.4 Å². The minimum absolute atomic E-state index is 0.0742. The van der Waals surface area contributed by atoms with Gasteiger partial charge >= 0.3 is 6.18 Å². The molecule has 2 aromatic carbocycles. The SMILES string of the molecule is O=C(CCCn1nnc(-c2ccccc2)n1)NCc1ccc(F)cc1C(F)(F)F. The van der Waals surface area contributed by atoms with Crippen molar-refractivity contribution in [2.75, 3.05) is 0 Å². The highest BCUT2D eigenvalue weighted by molar-refractivity contribution is 5.75. The van der Waals surface area contributed by atoms with Gasteiger partial charge in [-0.1, -0.05) is 36.4 Å². The van der Waals surface area contributed by atoms with Gasteiger partial charge in [0.25, 0.3) is 0 Å². The fraction of sp³-hybridized carbons (Fsp3) is 0.263. The Morgan fingerprint density at radius 3 is 2.59 bits per heavy atom. The average molecular weight is 407 g/mol. The molecule has 29 heavy (non-hydrogen) atoms. The number of nitrogens with zero attached hydrogens (tertiary/aromatic N) is 4. The van der Waals surface area contributed by atoms with E-state index in [0.29, 0.717) is 24.9 Å². The summed E-state index contributed by atoms with van der Waals surface area (Å²) in [5, 5.41) is 14.5. The summed E-state index contributed by atoms with van der Waals surface area (Å²) in [6, 6.07) is 11.6. The largest absolute Gasteiger partial charge is 0.416 e. The summed E-state index contributed by atoms with van der Waals surface area (Å²) in [5.74, 6) is -0.945. The molecule has 0 saturated carbocycles. The van der Waals surface area contributed by atoms with Crippen LogP contribution >= 0.6 is 0 Å². The van der Waals surface area contributed by atoms with Crippen LogP contribution in [-0.4, -0.2) is 26.1 Å². The van der Waals surface area contributed by atoms with Gasteiger partial charge in [-0.2, -0.15) is 18.0 Å². The van der Waals surface area contributed by atoms with Gasteiger partial charge in [0, 0.05) is 18.5 Å². The van der Waals surface area contributed by atoms with Gasteiger partial charge in [-0.3, -0.25) is 4.79 Å². The molecule has 1 heterocycles. The summed E-state index contributed by atoms with van der Waals surface area (Å²) >= 11 is 0. The molecule has 0 atom stereocenters. The van der Waals surface area contributed by atoms with E-state index >= 15 is 0 Å². The lowest BCUT2D eigenvalue weighted by molar-refractivity contribution is -0.138. The molecular formula is C19H17F4N5O. The highest BCUT2D eigenvalue weighted by Crippen LogP contribution is 2.32. The van der Waals surface area contributed by atoms with Gasteiger partial charge in [-0.25, -0.2) is 4.39 Å². The highest BCUT2D eigenvalue weighted by Gasteiger charge is 2.33. The Labute approximate surface area is 163 Å². The molecule has 0 fully saturated rings. The lowest BCUT2D eigenvalue weighted by atomic mass is 10.1. The fourth-order valence-corrected chi connectivity index (χ4v) is 2.67. The number of rotatable bonds is 7. The molecule has 0 aliphatic heterocycles. The minimum Gasteiger partial charge on any atom is -0.352 e. The number of aromatic nitrogens is 4. The molecule has 1 aromatic heterocycles. The third-order valence-corrected chi connectivity index (χ3v) is 4.10. The van der Waals surface area contributed by atoms with Crippen molar-refractivity contribution in [3.05, 3.63) is 65.5 Å². The van der Waals surface area contributed by atoms with Gasteiger partial charge in [0.1, 0.15) is 5.82 Å². The number of hydrogen-bond donors (Lipinski definition) is 1.